The van der Waals surface area contributed by atoms with E-state index in [-0.39, 0.29) is 17.3 Å². The fourth-order valence-electron chi connectivity index (χ4n) is 2.29. The Morgan fingerprint density at radius 3 is 2.19 bits per heavy atom. The lowest BCUT2D eigenvalue weighted by atomic mass is 10.1. The van der Waals surface area contributed by atoms with Crippen LogP contribution in [0.4, 0.5) is 5.69 Å². The number of carbonyl (C=O) groups excluding carboxylic acids is 1. The second kappa shape index (κ2) is 8.43. The number of amides is 1. The zero-order chi connectivity index (χ0) is 19.3. The van der Waals surface area contributed by atoms with E-state index < -0.39 is 10.0 Å². The second-order valence-corrected chi connectivity index (χ2v) is 8.35. The van der Waals surface area contributed by atoms with Crippen LogP contribution in [-0.4, -0.2) is 19.3 Å². The van der Waals surface area contributed by atoms with Gasteiger partial charge >= 0.3 is 0 Å². The molecule has 138 valence electrons. The molecule has 2 N–H and O–H groups in total. The molecule has 0 fully saturated rings. The van der Waals surface area contributed by atoms with Gasteiger partial charge in [-0.3, -0.25) is 9.78 Å². The quantitative estimate of drug-likeness (QED) is 0.606. The summed E-state index contributed by atoms with van der Waals surface area (Å²) in [5.41, 5.74) is 1.88. The molecular formula is C19H16BrN3O3S. The zero-order valence-electron chi connectivity index (χ0n) is 14.1. The molecule has 0 atom stereocenters. The summed E-state index contributed by atoms with van der Waals surface area (Å²) in [6, 6.07) is 16.5. The highest BCUT2D eigenvalue weighted by Crippen LogP contribution is 2.15. The van der Waals surface area contributed by atoms with Crippen molar-refractivity contribution in [3.8, 4) is 0 Å². The van der Waals surface area contributed by atoms with Crippen molar-refractivity contribution in [1.29, 1.82) is 0 Å². The monoisotopic (exact) mass is 445 g/mol. The molecule has 0 aliphatic carbocycles. The number of rotatable bonds is 6. The summed E-state index contributed by atoms with van der Waals surface area (Å²) in [5.74, 6) is -0.247. The summed E-state index contributed by atoms with van der Waals surface area (Å²) in [7, 11) is -3.60. The van der Waals surface area contributed by atoms with Crippen molar-refractivity contribution >= 4 is 37.5 Å². The Hall–Kier alpha value is -2.55. The Balaban J connectivity index is 1.62. The molecule has 3 aromatic rings. The van der Waals surface area contributed by atoms with Gasteiger partial charge in [0, 0.05) is 34.7 Å². The molecule has 1 amide bonds. The van der Waals surface area contributed by atoms with Crippen molar-refractivity contribution in [1.82, 2.24) is 9.71 Å². The van der Waals surface area contributed by atoms with E-state index in [1.807, 2.05) is 0 Å². The molecule has 1 heterocycles. The molecule has 8 heteroatoms. The molecule has 1 aromatic heterocycles. The first kappa shape index (κ1) is 19.2. The van der Waals surface area contributed by atoms with Crippen molar-refractivity contribution in [2.24, 2.45) is 0 Å². The zero-order valence-corrected chi connectivity index (χ0v) is 16.5. The number of carbonyl (C=O) groups is 1. The third-order valence-electron chi connectivity index (χ3n) is 3.74. The van der Waals surface area contributed by atoms with Gasteiger partial charge in [-0.05, 0) is 54.1 Å². The van der Waals surface area contributed by atoms with Crippen LogP contribution in [0.5, 0.6) is 0 Å². The van der Waals surface area contributed by atoms with Gasteiger partial charge in [-0.25, -0.2) is 13.1 Å². The van der Waals surface area contributed by atoms with Crippen LogP contribution in [0.1, 0.15) is 15.9 Å². The molecule has 0 bridgehead atoms. The van der Waals surface area contributed by atoms with Gasteiger partial charge in [0.05, 0.1) is 4.90 Å². The lowest BCUT2D eigenvalue weighted by Gasteiger charge is -2.08. The molecular weight excluding hydrogens is 430 g/mol. The number of benzene rings is 2. The normalized spacial score (nSPS) is 11.1. The first-order chi connectivity index (χ1) is 12.9. The van der Waals surface area contributed by atoms with E-state index >= 15 is 0 Å². The summed E-state index contributed by atoms with van der Waals surface area (Å²) < 4.78 is 28.0. The SMILES string of the molecule is O=C(Nc1ccncc1)c1ccc(CNS(=O)(=O)c2ccc(Br)cc2)cc1. The fourth-order valence-corrected chi connectivity index (χ4v) is 3.57. The molecule has 3 rings (SSSR count). The Labute approximate surface area is 165 Å². The van der Waals surface area contributed by atoms with Crippen LogP contribution in [0, 0.1) is 0 Å². The molecule has 0 radical (unpaired) electrons. The lowest BCUT2D eigenvalue weighted by molar-refractivity contribution is 0.102. The Morgan fingerprint density at radius 2 is 1.56 bits per heavy atom. The summed E-state index contributed by atoms with van der Waals surface area (Å²) in [6.45, 7) is 0.130. The van der Waals surface area contributed by atoms with Crippen LogP contribution in [0.3, 0.4) is 0 Å². The number of aromatic nitrogens is 1. The smallest absolute Gasteiger partial charge is 0.255 e. The van der Waals surface area contributed by atoms with Crippen LogP contribution in [-0.2, 0) is 16.6 Å². The fraction of sp³-hybridized carbons (Fsp3) is 0.0526. The van der Waals surface area contributed by atoms with Gasteiger partial charge in [-0.15, -0.1) is 0 Å². The minimum atomic E-state index is -3.60. The van der Waals surface area contributed by atoms with Crippen molar-refractivity contribution in [3.05, 3.63) is 88.7 Å². The first-order valence-corrected chi connectivity index (χ1v) is 10.3. The Kier molecular flexibility index (Phi) is 6.00. The van der Waals surface area contributed by atoms with E-state index in [1.54, 1.807) is 60.9 Å². The summed E-state index contributed by atoms with van der Waals surface area (Å²) in [4.78, 5) is 16.3. The van der Waals surface area contributed by atoms with E-state index in [1.165, 1.54) is 12.1 Å². The van der Waals surface area contributed by atoms with Crippen LogP contribution in [0.2, 0.25) is 0 Å². The third kappa shape index (κ3) is 5.22. The molecule has 0 spiro atoms. The maximum atomic E-state index is 12.3. The third-order valence-corrected chi connectivity index (χ3v) is 5.69. The Morgan fingerprint density at radius 1 is 0.926 bits per heavy atom. The number of sulfonamides is 1. The number of nitrogens with zero attached hydrogens (tertiary/aromatic N) is 1. The van der Waals surface area contributed by atoms with Crippen LogP contribution < -0.4 is 10.0 Å². The molecule has 6 nitrogen and oxygen atoms in total. The molecule has 0 saturated carbocycles. The van der Waals surface area contributed by atoms with Gasteiger partial charge in [0.2, 0.25) is 10.0 Å². The average molecular weight is 446 g/mol. The highest BCUT2D eigenvalue weighted by atomic mass is 79.9. The average Bonchev–Trinajstić information content (AvgIpc) is 2.68. The van der Waals surface area contributed by atoms with Gasteiger partial charge in [-0.1, -0.05) is 28.1 Å². The summed E-state index contributed by atoms with van der Waals surface area (Å²) >= 11 is 3.28. The maximum Gasteiger partial charge on any atom is 0.255 e. The maximum absolute atomic E-state index is 12.3. The Bertz CT molecular complexity index is 1020. The highest BCUT2D eigenvalue weighted by Gasteiger charge is 2.13. The molecule has 0 aliphatic heterocycles. The van der Waals surface area contributed by atoms with Crippen LogP contribution >= 0.6 is 15.9 Å². The number of halogens is 1. The standard InChI is InChI=1S/C19H16BrN3O3S/c20-16-5-7-18(8-6-16)27(25,26)22-13-14-1-3-15(4-2-14)19(24)23-17-9-11-21-12-10-17/h1-12,22H,13H2,(H,21,23,24). The van der Waals surface area contributed by atoms with Crippen LogP contribution in [0.25, 0.3) is 0 Å². The molecule has 2 aromatic carbocycles. The van der Waals surface area contributed by atoms with E-state index in [0.29, 0.717) is 11.3 Å². The predicted octanol–water partition coefficient (Wildman–Crippen LogP) is 3.57. The number of anilines is 1. The number of nitrogens with one attached hydrogen (secondary N) is 2. The minimum Gasteiger partial charge on any atom is -0.322 e. The van der Waals surface area contributed by atoms with Gasteiger partial charge < -0.3 is 5.32 Å². The molecule has 0 aliphatic rings. The predicted molar refractivity (Wildman–Crippen MR) is 107 cm³/mol. The number of hydrogen-bond acceptors (Lipinski definition) is 4. The van der Waals surface area contributed by atoms with E-state index in [0.717, 1.165) is 10.0 Å². The van der Waals surface area contributed by atoms with Crippen molar-refractivity contribution < 1.29 is 13.2 Å². The number of pyridine rings is 1. The molecule has 27 heavy (non-hydrogen) atoms. The van der Waals surface area contributed by atoms with Gasteiger partial charge in [-0.2, -0.15) is 0 Å². The largest absolute Gasteiger partial charge is 0.322 e. The van der Waals surface area contributed by atoms with Crippen molar-refractivity contribution in [3.63, 3.8) is 0 Å². The van der Waals surface area contributed by atoms with Gasteiger partial charge in [0.15, 0.2) is 0 Å². The van der Waals surface area contributed by atoms with Gasteiger partial charge in [0.25, 0.3) is 5.91 Å². The highest BCUT2D eigenvalue weighted by molar-refractivity contribution is 9.10. The van der Waals surface area contributed by atoms with E-state index in [2.05, 4.69) is 31.0 Å². The summed E-state index contributed by atoms with van der Waals surface area (Å²) in [5, 5.41) is 2.77. The van der Waals surface area contributed by atoms with E-state index in [4.69, 9.17) is 0 Å². The first-order valence-electron chi connectivity index (χ1n) is 7.99. The van der Waals surface area contributed by atoms with Gasteiger partial charge in [0.1, 0.15) is 0 Å². The van der Waals surface area contributed by atoms with Crippen molar-refractivity contribution in [2.75, 3.05) is 5.32 Å². The lowest BCUT2D eigenvalue weighted by Crippen LogP contribution is -2.23. The second-order valence-electron chi connectivity index (χ2n) is 5.67. The van der Waals surface area contributed by atoms with Crippen molar-refractivity contribution in [2.45, 2.75) is 11.4 Å². The molecule has 0 unspecified atom stereocenters. The van der Waals surface area contributed by atoms with E-state index in [9.17, 15) is 13.2 Å². The number of hydrogen-bond donors (Lipinski definition) is 2. The van der Waals surface area contributed by atoms with Crippen LogP contribution in [0.15, 0.2) is 82.4 Å². The minimum absolute atomic E-state index is 0.130. The molecule has 0 saturated heterocycles. The summed E-state index contributed by atoms with van der Waals surface area (Å²) in [6.07, 6.45) is 3.19. The topological polar surface area (TPSA) is 88.2 Å².